The first kappa shape index (κ1) is 14.0. The molecule has 0 saturated carbocycles. The number of hydrogen-bond donors (Lipinski definition) is 1. The van der Waals surface area contributed by atoms with E-state index in [9.17, 15) is 0 Å². The third kappa shape index (κ3) is 4.65. The van der Waals surface area contributed by atoms with Gasteiger partial charge in [-0.1, -0.05) is 42.7 Å². The van der Waals surface area contributed by atoms with E-state index in [-0.39, 0.29) is 0 Å². The lowest BCUT2D eigenvalue weighted by Gasteiger charge is -2.04. The van der Waals surface area contributed by atoms with Crippen LogP contribution in [-0.4, -0.2) is 22.7 Å². The number of halogens is 1. The number of nitrogens with zero attached hydrogens (tertiary/aromatic N) is 2. The number of nitrogens with one attached hydrogen (secondary N) is 1. The zero-order valence-corrected chi connectivity index (χ0v) is 11.9. The fourth-order valence-corrected chi connectivity index (χ4v) is 1.84. The van der Waals surface area contributed by atoms with Crippen LogP contribution in [0.25, 0.3) is 0 Å². The Hall–Kier alpha value is -1.39. The lowest BCUT2D eigenvalue weighted by molar-refractivity contribution is 0.369. The van der Waals surface area contributed by atoms with Crippen molar-refractivity contribution in [1.29, 1.82) is 0 Å². The summed E-state index contributed by atoms with van der Waals surface area (Å²) in [7, 11) is 0. The van der Waals surface area contributed by atoms with E-state index in [1.807, 2.05) is 24.3 Å². The van der Waals surface area contributed by atoms with Gasteiger partial charge in [0, 0.05) is 30.5 Å². The highest BCUT2D eigenvalue weighted by Crippen LogP contribution is 2.12. The van der Waals surface area contributed by atoms with Crippen molar-refractivity contribution in [2.24, 2.45) is 0 Å². The first-order valence-electron chi connectivity index (χ1n) is 6.43. The van der Waals surface area contributed by atoms with Crippen LogP contribution in [0.5, 0.6) is 0 Å². The van der Waals surface area contributed by atoms with Crippen LogP contribution in [0, 0.1) is 0 Å². The Labute approximate surface area is 118 Å². The Balaban J connectivity index is 1.88. The fraction of sp³-hybridized carbons (Fsp3) is 0.429. The van der Waals surface area contributed by atoms with Crippen LogP contribution in [0.3, 0.4) is 0 Å². The molecule has 0 radical (unpaired) electrons. The highest BCUT2D eigenvalue weighted by Gasteiger charge is 2.07. The molecule has 0 aliphatic carbocycles. The minimum Gasteiger partial charge on any atom is -0.339 e. The summed E-state index contributed by atoms with van der Waals surface area (Å²) in [5, 5.41) is 8.04. The predicted molar refractivity (Wildman–Crippen MR) is 75.4 cm³/mol. The van der Waals surface area contributed by atoms with Gasteiger partial charge in [-0.25, -0.2) is 0 Å². The first-order chi connectivity index (χ1) is 9.13. The Morgan fingerprint density at radius 3 is 2.68 bits per heavy atom. The minimum absolute atomic E-state index is 0.469. The van der Waals surface area contributed by atoms with Gasteiger partial charge in [-0.2, -0.15) is 4.98 Å². The van der Waals surface area contributed by atoms with Crippen molar-refractivity contribution < 1.29 is 4.52 Å². The van der Waals surface area contributed by atoms with Crippen LogP contribution in [-0.2, 0) is 12.8 Å². The zero-order chi connectivity index (χ0) is 13.7. The van der Waals surface area contributed by atoms with E-state index < -0.39 is 0 Å². The van der Waals surface area contributed by atoms with E-state index in [1.165, 1.54) is 0 Å². The van der Waals surface area contributed by atoms with Crippen LogP contribution in [0.4, 0.5) is 0 Å². The van der Waals surface area contributed by atoms with Gasteiger partial charge in [0.15, 0.2) is 5.82 Å². The number of hydrogen-bond acceptors (Lipinski definition) is 4. The molecule has 19 heavy (non-hydrogen) atoms. The molecular weight excluding hydrogens is 262 g/mol. The van der Waals surface area contributed by atoms with Crippen molar-refractivity contribution in [3.63, 3.8) is 0 Å². The summed E-state index contributed by atoms with van der Waals surface area (Å²) in [6, 6.07) is 8.14. The number of benzene rings is 1. The second-order valence-electron chi connectivity index (χ2n) is 4.77. The Morgan fingerprint density at radius 1 is 1.26 bits per heavy atom. The topological polar surface area (TPSA) is 51.0 Å². The van der Waals surface area contributed by atoms with Gasteiger partial charge in [0.1, 0.15) is 0 Å². The normalized spacial score (nSPS) is 11.2. The Kier molecular flexibility index (Phi) is 4.93. The van der Waals surface area contributed by atoms with Crippen LogP contribution >= 0.6 is 11.6 Å². The van der Waals surface area contributed by atoms with Crippen LogP contribution in [0.1, 0.15) is 31.1 Å². The second kappa shape index (κ2) is 6.68. The molecule has 1 N–H and O–H groups in total. The zero-order valence-electron chi connectivity index (χ0n) is 11.2. The minimum atomic E-state index is 0.469. The van der Waals surface area contributed by atoms with E-state index in [4.69, 9.17) is 16.1 Å². The molecule has 1 aromatic carbocycles. The molecule has 0 aliphatic rings. The molecule has 0 aliphatic heterocycles. The molecule has 2 aromatic rings. The van der Waals surface area contributed by atoms with Gasteiger partial charge in [0.05, 0.1) is 0 Å². The molecule has 102 valence electrons. The molecule has 0 bridgehead atoms. The summed E-state index contributed by atoms with van der Waals surface area (Å²) in [5.41, 5.74) is 1.12. The monoisotopic (exact) mass is 279 g/mol. The highest BCUT2D eigenvalue weighted by atomic mass is 35.5. The maximum absolute atomic E-state index is 5.84. The standard InChI is InChI=1S/C14H18ClN3O/c1-10(2)16-8-7-14-17-13(18-19-14)9-11-3-5-12(15)6-4-11/h3-6,10,16H,7-9H2,1-2H3. The molecule has 5 heteroatoms. The highest BCUT2D eigenvalue weighted by molar-refractivity contribution is 6.30. The van der Waals surface area contributed by atoms with Crippen LogP contribution in [0.15, 0.2) is 28.8 Å². The molecule has 0 spiro atoms. The molecule has 0 saturated heterocycles. The predicted octanol–water partition coefficient (Wildman–Crippen LogP) is 2.85. The molecule has 0 unspecified atom stereocenters. The van der Waals surface area contributed by atoms with Crippen molar-refractivity contribution in [2.75, 3.05) is 6.54 Å². The average molecular weight is 280 g/mol. The Morgan fingerprint density at radius 2 is 2.00 bits per heavy atom. The van der Waals surface area contributed by atoms with E-state index >= 15 is 0 Å². The van der Waals surface area contributed by atoms with Gasteiger partial charge in [0.25, 0.3) is 0 Å². The summed E-state index contributed by atoms with van der Waals surface area (Å²) >= 11 is 5.84. The van der Waals surface area contributed by atoms with Gasteiger partial charge < -0.3 is 9.84 Å². The summed E-state index contributed by atoms with van der Waals surface area (Å²) in [6.45, 7) is 5.07. The summed E-state index contributed by atoms with van der Waals surface area (Å²) in [4.78, 5) is 4.37. The van der Waals surface area contributed by atoms with Crippen molar-refractivity contribution in [3.05, 3.63) is 46.6 Å². The second-order valence-corrected chi connectivity index (χ2v) is 5.20. The average Bonchev–Trinajstić information content (AvgIpc) is 2.79. The quantitative estimate of drug-likeness (QED) is 0.883. The van der Waals surface area contributed by atoms with Gasteiger partial charge in [-0.15, -0.1) is 0 Å². The van der Waals surface area contributed by atoms with Gasteiger partial charge >= 0.3 is 0 Å². The fourth-order valence-electron chi connectivity index (χ4n) is 1.72. The molecule has 0 fully saturated rings. The van der Waals surface area contributed by atoms with E-state index in [0.29, 0.717) is 24.2 Å². The SMILES string of the molecule is CC(C)NCCc1nc(Cc2ccc(Cl)cc2)no1. The third-order valence-corrected chi connectivity index (χ3v) is 2.93. The molecule has 1 heterocycles. The van der Waals surface area contributed by atoms with E-state index in [0.717, 1.165) is 23.6 Å². The van der Waals surface area contributed by atoms with Gasteiger partial charge in [-0.3, -0.25) is 0 Å². The largest absolute Gasteiger partial charge is 0.339 e. The molecule has 0 amide bonds. The van der Waals surface area contributed by atoms with Gasteiger partial charge in [0.2, 0.25) is 5.89 Å². The summed E-state index contributed by atoms with van der Waals surface area (Å²) in [6.07, 6.45) is 1.42. The van der Waals surface area contributed by atoms with Crippen molar-refractivity contribution in [3.8, 4) is 0 Å². The number of rotatable bonds is 6. The third-order valence-electron chi connectivity index (χ3n) is 2.68. The lowest BCUT2D eigenvalue weighted by Crippen LogP contribution is -2.25. The van der Waals surface area contributed by atoms with Crippen LogP contribution < -0.4 is 5.32 Å². The molecule has 2 rings (SSSR count). The Bertz CT molecular complexity index is 508. The first-order valence-corrected chi connectivity index (χ1v) is 6.80. The summed E-state index contributed by atoms with van der Waals surface area (Å²) in [5.74, 6) is 1.39. The maximum Gasteiger partial charge on any atom is 0.227 e. The molecule has 4 nitrogen and oxygen atoms in total. The van der Waals surface area contributed by atoms with Crippen molar-refractivity contribution in [2.45, 2.75) is 32.7 Å². The maximum atomic E-state index is 5.84. The number of aromatic nitrogens is 2. The van der Waals surface area contributed by atoms with E-state index in [2.05, 4.69) is 29.3 Å². The van der Waals surface area contributed by atoms with E-state index in [1.54, 1.807) is 0 Å². The molecular formula is C14H18ClN3O. The van der Waals surface area contributed by atoms with Gasteiger partial charge in [-0.05, 0) is 17.7 Å². The molecule has 1 aromatic heterocycles. The lowest BCUT2D eigenvalue weighted by atomic mass is 10.1. The molecule has 0 atom stereocenters. The van der Waals surface area contributed by atoms with Crippen molar-refractivity contribution >= 4 is 11.6 Å². The smallest absolute Gasteiger partial charge is 0.227 e. The summed E-state index contributed by atoms with van der Waals surface area (Å²) < 4.78 is 5.22. The van der Waals surface area contributed by atoms with Crippen LogP contribution in [0.2, 0.25) is 5.02 Å². The van der Waals surface area contributed by atoms with Crippen molar-refractivity contribution in [1.82, 2.24) is 15.5 Å².